The summed E-state index contributed by atoms with van der Waals surface area (Å²) in [6, 6.07) is 11.6. The van der Waals surface area contributed by atoms with Crippen molar-refractivity contribution in [1.82, 2.24) is 29.8 Å². The van der Waals surface area contributed by atoms with E-state index < -0.39 is 0 Å². The highest BCUT2D eigenvalue weighted by molar-refractivity contribution is 5.94. The lowest BCUT2D eigenvalue weighted by atomic mass is 10.0. The third kappa shape index (κ3) is 5.48. The first kappa shape index (κ1) is 23.4. The standard InChI is InChI=1S/C26H26FN7O2/c1-33-12-9-28-24(33)16-36-25-14-23(30-17-31-25)34-10-7-21(8-11-34)32-26(35)19-5-6-22(29-15-19)18-3-2-4-20(27)13-18/h2-6,9,12-15,17,21H,7-8,10-11,16H2,1H3,(H,32,35). The van der Waals surface area contributed by atoms with Crippen molar-refractivity contribution in [1.29, 1.82) is 0 Å². The average molecular weight is 488 g/mol. The van der Waals surface area contributed by atoms with Gasteiger partial charge in [0.15, 0.2) is 0 Å². The fourth-order valence-electron chi connectivity index (χ4n) is 4.12. The van der Waals surface area contributed by atoms with E-state index in [9.17, 15) is 9.18 Å². The van der Waals surface area contributed by atoms with Gasteiger partial charge in [-0.25, -0.2) is 19.3 Å². The van der Waals surface area contributed by atoms with Crippen molar-refractivity contribution in [2.75, 3.05) is 18.0 Å². The van der Waals surface area contributed by atoms with Crippen molar-refractivity contribution >= 4 is 11.7 Å². The Morgan fingerprint density at radius 2 is 1.97 bits per heavy atom. The number of amides is 1. The fraction of sp³-hybridized carbons (Fsp3) is 0.269. The Morgan fingerprint density at radius 1 is 1.11 bits per heavy atom. The zero-order valence-corrected chi connectivity index (χ0v) is 19.8. The van der Waals surface area contributed by atoms with Crippen LogP contribution in [0.4, 0.5) is 10.2 Å². The number of hydrogen-bond acceptors (Lipinski definition) is 7. The molecule has 1 fully saturated rings. The summed E-state index contributed by atoms with van der Waals surface area (Å²) in [7, 11) is 1.92. The van der Waals surface area contributed by atoms with E-state index in [1.165, 1.54) is 24.7 Å². The zero-order valence-electron chi connectivity index (χ0n) is 19.8. The number of anilines is 1. The lowest BCUT2D eigenvalue weighted by Crippen LogP contribution is -2.45. The van der Waals surface area contributed by atoms with Crippen LogP contribution in [0.3, 0.4) is 0 Å². The molecule has 0 aliphatic carbocycles. The van der Waals surface area contributed by atoms with Gasteiger partial charge in [0.25, 0.3) is 5.91 Å². The zero-order chi connectivity index (χ0) is 24.9. The minimum atomic E-state index is -0.322. The molecular formula is C26H26FN7O2. The summed E-state index contributed by atoms with van der Waals surface area (Å²) in [6.07, 6.45) is 8.19. The summed E-state index contributed by atoms with van der Waals surface area (Å²) < 4.78 is 21.1. The monoisotopic (exact) mass is 487 g/mol. The summed E-state index contributed by atoms with van der Waals surface area (Å²) in [4.78, 5) is 32.1. The molecule has 0 atom stereocenters. The summed E-state index contributed by atoms with van der Waals surface area (Å²) in [5.41, 5.74) is 1.76. The van der Waals surface area contributed by atoms with Gasteiger partial charge < -0.3 is 19.5 Å². The van der Waals surface area contributed by atoms with Gasteiger partial charge in [-0.15, -0.1) is 0 Å². The Hall–Kier alpha value is -4.34. The second-order valence-electron chi connectivity index (χ2n) is 8.63. The summed E-state index contributed by atoms with van der Waals surface area (Å²) in [5, 5.41) is 3.10. The van der Waals surface area contributed by atoms with E-state index in [0.29, 0.717) is 29.3 Å². The van der Waals surface area contributed by atoms with Crippen LogP contribution in [-0.4, -0.2) is 49.5 Å². The molecule has 1 aliphatic heterocycles. The number of halogens is 1. The number of carbonyl (C=O) groups excluding carboxylic acids is 1. The number of aromatic nitrogens is 5. The van der Waals surface area contributed by atoms with E-state index in [4.69, 9.17) is 4.74 Å². The Labute approximate surface area is 208 Å². The van der Waals surface area contributed by atoms with Gasteiger partial charge in [0.1, 0.15) is 30.4 Å². The number of pyridine rings is 1. The van der Waals surface area contributed by atoms with Crippen molar-refractivity contribution in [3.63, 3.8) is 0 Å². The molecular weight excluding hydrogens is 461 g/mol. The van der Waals surface area contributed by atoms with E-state index >= 15 is 0 Å². The number of piperidine rings is 1. The molecule has 10 heteroatoms. The van der Waals surface area contributed by atoms with Crippen LogP contribution in [0, 0.1) is 5.82 Å². The molecule has 1 saturated heterocycles. The molecule has 1 N–H and O–H groups in total. The Kier molecular flexibility index (Phi) is 6.83. The highest BCUT2D eigenvalue weighted by Crippen LogP contribution is 2.22. The van der Waals surface area contributed by atoms with E-state index in [0.717, 1.165) is 37.6 Å². The van der Waals surface area contributed by atoms with E-state index in [2.05, 4.69) is 30.2 Å². The molecule has 4 heterocycles. The van der Waals surface area contributed by atoms with Crippen LogP contribution in [0.15, 0.2) is 67.4 Å². The first-order valence-corrected chi connectivity index (χ1v) is 11.7. The maximum atomic E-state index is 13.5. The second kappa shape index (κ2) is 10.5. The van der Waals surface area contributed by atoms with Gasteiger partial charge in [0, 0.05) is 56.4 Å². The molecule has 0 radical (unpaired) electrons. The molecule has 1 aliphatic rings. The largest absolute Gasteiger partial charge is 0.469 e. The fourth-order valence-corrected chi connectivity index (χ4v) is 4.12. The highest BCUT2D eigenvalue weighted by atomic mass is 19.1. The molecule has 9 nitrogen and oxygen atoms in total. The molecule has 0 spiro atoms. The summed E-state index contributed by atoms with van der Waals surface area (Å²) in [6.45, 7) is 1.82. The van der Waals surface area contributed by atoms with Gasteiger partial charge in [0.2, 0.25) is 5.88 Å². The SMILES string of the molecule is Cn1ccnc1COc1cc(N2CCC(NC(=O)c3ccc(-c4cccc(F)c4)nc3)CC2)ncn1. The first-order chi connectivity index (χ1) is 17.5. The topological polar surface area (TPSA) is 98.1 Å². The highest BCUT2D eigenvalue weighted by Gasteiger charge is 2.22. The van der Waals surface area contributed by atoms with E-state index in [-0.39, 0.29) is 17.8 Å². The number of aryl methyl sites for hydroxylation is 1. The van der Waals surface area contributed by atoms with Crippen LogP contribution in [-0.2, 0) is 13.7 Å². The number of nitrogens with zero attached hydrogens (tertiary/aromatic N) is 6. The number of carbonyl (C=O) groups is 1. The maximum Gasteiger partial charge on any atom is 0.253 e. The quantitative estimate of drug-likeness (QED) is 0.427. The van der Waals surface area contributed by atoms with Gasteiger partial charge in [-0.2, -0.15) is 0 Å². The second-order valence-corrected chi connectivity index (χ2v) is 8.63. The lowest BCUT2D eigenvalue weighted by Gasteiger charge is -2.33. The van der Waals surface area contributed by atoms with Crippen LogP contribution in [0.25, 0.3) is 11.3 Å². The normalized spacial score (nSPS) is 14.0. The van der Waals surface area contributed by atoms with Gasteiger partial charge in [-0.1, -0.05) is 12.1 Å². The number of rotatable bonds is 7. The molecule has 5 rings (SSSR count). The maximum absolute atomic E-state index is 13.5. The molecule has 36 heavy (non-hydrogen) atoms. The number of hydrogen-bond donors (Lipinski definition) is 1. The third-order valence-corrected chi connectivity index (χ3v) is 6.20. The summed E-state index contributed by atoms with van der Waals surface area (Å²) >= 11 is 0. The van der Waals surface area contributed by atoms with Crippen molar-refractivity contribution in [2.45, 2.75) is 25.5 Å². The Morgan fingerprint density at radius 3 is 2.69 bits per heavy atom. The molecule has 0 saturated carbocycles. The number of benzene rings is 1. The molecule has 4 aromatic rings. The predicted molar refractivity (Wildman–Crippen MR) is 132 cm³/mol. The minimum absolute atomic E-state index is 0.0534. The smallest absolute Gasteiger partial charge is 0.253 e. The molecule has 0 unspecified atom stereocenters. The molecule has 184 valence electrons. The van der Waals surface area contributed by atoms with Crippen molar-refractivity contribution in [2.24, 2.45) is 7.05 Å². The Balaban J connectivity index is 1.13. The van der Waals surface area contributed by atoms with Crippen LogP contribution in [0.2, 0.25) is 0 Å². The minimum Gasteiger partial charge on any atom is -0.469 e. The third-order valence-electron chi connectivity index (χ3n) is 6.20. The molecule has 0 bridgehead atoms. The van der Waals surface area contributed by atoms with E-state index in [1.807, 2.05) is 23.9 Å². The predicted octanol–water partition coefficient (Wildman–Crippen LogP) is 3.39. The van der Waals surface area contributed by atoms with Gasteiger partial charge >= 0.3 is 0 Å². The van der Waals surface area contributed by atoms with Crippen molar-refractivity contribution in [3.8, 4) is 17.1 Å². The van der Waals surface area contributed by atoms with Crippen LogP contribution in [0.1, 0.15) is 29.0 Å². The number of nitrogens with one attached hydrogen (secondary N) is 1. The lowest BCUT2D eigenvalue weighted by molar-refractivity contribution is 0.0930. The van der Waals surface area contributed by atoms with Crippen LogP contribution >= 0.6 is 0 Å². The van der Waals surface area contributed by atoms with E-state index in [1.54, 1.807) is 30.5 Å². The molecule has 1 aromatic carbocycles. The summed E-state index contributed by atoms with van der Waals surface area (Å²) in [5.74, 6) is 1.61. The average Bonchev–Trinajstić information content (AvgIpc) is 3.32. The Bertz CT molecular complexity index is 1330. The first-order valence-electron chi connectivity index (χ1n) is 11.7. The van der Waals surface area contributed by atoms with Crippen LogP contribution in [0.5, 0.6) is 5.88 Å². The van der Waals surface area contributed by atoms with Crippen molar-refractivity contribution in [3.05, 3.63) is 84.6 Å². The van der Waals surface area contributed by atoms with Gasteiger partial charge in [-0.3, -0.25) is 9.78 Å². The number of ether oxygens (including phenoxy) is 1. The molecule has 1 amide bonds. The molecule has 3 aromatic heterocycles. The van der Waals surface area contributed by atoms with Gasteiger partial charge in [-0.05, 0) is 37.1 Å². The van der Waals surface area contributed by atoms with Crippen molar-refractivity contribution < 1.29 is 13.9 Å². The number of imidazole rings is 1. The van der Waals surface area contributed by atoms with Gasteiger partial charge in [0.05, 0.1) is 11.3 Å². The van der Waals surface area contributed by atoms with Crippen LogP contribution < -0.4 is 15.0 Å².